The van der Waals surface area contributed by atoms with E-state index in [9.17, 15) is 22.8 Å². The summed E-state index contributed by atoms with van der Waals surface area (Å²) in [6.45, 7) is 5.08. The number of benzene rings is 2. The van der Waals surface area contributed by atoms with Crippen LogP contribution in [0.5, 0.6) is 0 Å². The minimum Gasteiger partial charge on any atom is -0.354 e. The van der Waals surface area contributed by atoms with Gasteiger partial charge in [0.15, 0.2) is 0 Å². The Morgan fingerprint density at radius 1 is 1.06 bits per heavy atom. The molecular formula is C32H40BrN7O5S2. The van der Waals surface area contributed by atoms with Gasteiger partial charge in [-0.25, -0.2) is 4.98 Å². The van der Waals surface area contributed by atoms with E-state index in [0.717, 1.165) is 28.6 Å². The molecular weight excluding hydrogens is 706 g/mol. The minimum absolute atomic E-state index is 0.104. The van der Waals surface area contributed by atoms with Crippen molar-refractivity contribution in [1.29, 1.82) is 0 Å². The van der Waals surface area contributed by atoms with Gasteiger partial charge in [-0.1, -0.05) is 28.1 Å². The van der Waals surface area contributed by atoms with Gasteiger partial charge in [-0.15, -0.1) is 11.3 Å². The van der Waals surface area contributed by atoms with Gasteiger partial charge in [-0.2, -0.15) is 13.1 Å². The van der Waals surface area contributed by atoms with Gasteiger partial charge in [0.25, 0.3) is 11.8 Å². The van der Waals surface area contributed by atoms with Crippen molar-refractivity contribution in [1.82, 2.24) is 31.0 Å². The molecule has 15 heteroatoms. The molecule has 2 aliphatic rings. The zero-order chi connectivity index (χ0) is 33.6. The lowest BCUT2D eigenvalue weighted by atomic mass is 10.0. The molecule has 0 radical (unpaired) electrons. The summed E-state index contributed by atoms with van der Waals surface area (Å²) in [7, 11) is -3.86. The average Bonchev–Trinajstić information content (AvgIpc) is 3.74. The van der Waals surface area contributed by atoms with Crippen molar-refractivity contribution in [3.05, 3.63) is 80.2 Å². The molecule has 12 nitrogen and oxygen atoms in total. The highest BCUT2D eigenvalue weighted by Gasteiger charge is 2.29. The molecule has 5 N–H and O–H groups in total. The van der Waals surface area contributed by atoms with E-state index in [4.69, 9.17) is 0 Å². The smallest absolute Gasteiger partial charge is 0.301 e. The van der Waals surface area contributed by atoms with E-state index in [1.54, 1.807) is 12.4 Å². The number of rotatable bonds is 14. The van der Waals surface area contributed by atoms with Gasteiger partial charge in [0.05, 0.1) is 29.0 Å². The normalized spacial score (nSPS) is 17.7. The van der Waals surface area contributed by atoms with Crippen molar-refractivity contribution in [3.8, 4) is 0 Å². The Bertz CT molecular complexity index is 1670. The molecule has 3 aromatic rings. The molecule has 2 fully saturated rings. The van der Waals surface area contributed by atoms with Gasteiger partial charge in [0, 0.05) is 59.6 Å². The van der Waals surface area contributed by atoms with Crippen molar-refractivity contribution in [2.45, 2.75) is 57.7 Å². The number of carbonyl (C=O) groups is 3. The second-order valence-electron chi connectivity index (χ2n) is 12.0. The third kappa shape index (κ3) is 9.83. The molecule has 2 aromatic carbocycles. The maximum absolute atomic E-state index is 13.8. The Balaban J connectivity index is 1.37. The van der Waals surface area contributed by atoms with Gasteiger partial charge in [-0.3, -0.25) is 18.7 Å². The molecule has 1 saturated heterocycles. The third-order valence-electron chi connectivity index (χ3n) is 8.16. The number of nitrogens with zero attached hydrogens (tertiary/aromatic N) is 2. The fraction of sp³-hybridized carbons (Fsp3) is 0.438. The summed E-state index contributed by atoms with van der Waals surface area (Å²) in [5.41, 5.74) is 3.87. The first-order valence-electron chi connectivity index (χ1n) is 15.7. The minimum atomic E-state index is -3.86. The van der Waals surface area contributed by atoms with E-state index in [1.165, 1.54) is 33.8 Å². The SMILES string of the molecule is C[C@H](NC[C@H](Cc1cscn1)NC(=O)c1cc(C(=O)N[C@H](C)c2ccc(Br)cc2)cc(N2CCCNS2(=O)=O)c1)C(=O)NCC1CC1. The summed E-state index contributed by atoms with van der Waals surface area (Å²) in [6.07, 6.45) is 3.24. The van der Waals surface area contributed by atoms with Gasteiger partial charge in [0.1, 0.15) is 0 Å². The fourth-order valence-corrected chi connectivity index (χ4v) is 7.33. The predicted molar refractivity (Wildman–Crippen MR) is 186 cm³/mol. The van der Waals surface area contributed by atoms with E-state index in [2.05, 4.69) is 46.9 Å². The number of hydrogen-bond acceptors (Lipinski definition) is 8. The second kappa shape index (κ2) is 15.7. The third-order valence-corrected chi connectivity index (χ3v) is 10.9. The van der Waals surface area contributed by atoms with Crippen LogP contribution in [-0.2, 0) is 21.4 Å². The van der Waals surface area contributed by atoms with Crippen molar-refractivity contribution in [3.63, 3.8) is 0 Å². The number of halogens is 1. The maximum Gasteiger partial charge on any atom is 0.301 e. The Morgan fingerprint density at radius 2 is 1.77 bits per heavy atom. The van der Waals surface area contributed by atoms with E-state index >= 15 is 0 Å². The number of hydrogen-bond donors (Lipinski definition) is 5. The van der Waals surface area contributed by atoms with Crippen molar-refractivity contribution >= 4 is 60.9 Å². The lowest BCUT2D eigenvalue weighted by Gasteiger charge is -2.29. The van der Waals surface area contributed by atoms with Crippen LogP contribution in [0, 0.1) is 5.92 Å². The largest absolute Gasteiger partial charge is 0.354 e. The molecule has 3 atom stereocenters. The van der Waals surface area contributed by atoms with E-state index in [1.807, 2.05) is 36.6 Å². The van der Waals surface area contributed by atoms with Gasteiger partial charge in [-0.05, 0) is 74.9 Å². The number of thiazole rings is 1. The summed E-state index contributed by atoms with van der Waals surface area (Å²) in [4.78, 5) is 44.4. The van der Waals surface area contributed by atoms with Crippen LogP contribution in [0.25, 0.3) is 0 Å². The van der Waals surface area contributed by atoms with Crippen LogP contribution < -0.4 is 30.3 Å². The molecule has 2 heterocycles. The van der Waals surface area contributed by atoms with Gasteiger partial charge in [0.2, 0.25) is 5.91 Å². The van der Waals surface area contributed by atoms with Crippen molar-refractivity contribution < 1.29 is 22.8 Å². The van der Waals surface area contributed by atoms with Crippen LogP contribution in [0.1, 0.15) is 71.1 Å². The zero-order valence-corrected chi connectivity index (χ0v) is 29.5. The molecule has 1 saturated carbocycles. The Hall–Kier alpha value is -3.37. The second-order valence-corrected chi connectivity index (χ2v) is 15.3. The first-order chi connectivity index (χ1) is 22.5. The molecule has 0 unspecified atom stereocenters. The molecule has 252 valence electrons. The van der Waals surface area contributed by atoms with Gasteiger partial charge >= 0.3 is 10.2 Å². The Kier molecular flexibility index (Phi) is 11.7. The zero-order valence-electron chi connectivity index (χ0n) is 26.3. The molecule has 1 aliphatic carbocycles. The number of anilines is 1. The molecule has 1 aromatic heterocycles. The summed E-state index contributed by atoms with van der Waals surface area (Å²) in [6, 6.07) is 10.7. The lowest BCUT2D eigenvalue weighted by molar-refractivity contribution is -0.122. The standard InChI is InChI=1S/C32H40BrN7O5S2/c1-20(23-6-8-26(33)9-7-23)38-31(42)24-12-25(14-29(13-24)40-11-3-10-37-47(40,44)45)32(43)39-27(15-28-18-46-19-36-28)17-34-21(2)30(41)35-16-22-4-5-22/h6-9,12-14,18-22,27,34,37H,3-5,10-11,15-17H2,1-2H3,(H,35,41)(H,38,42)(H,39,43)/t20-,21+,27+/m1/s1. The maximum atomic E-state index is 13.8. The predicted octanol–water partition coefficient (Wildman–Crippen LogP) is 3.29. The number of aromatic nitrogens is 1. The van der Waals surface area contributed by atoms with Crippen molar-refractivity contribution in [2.75, 3.05) is 30.5 Å². The monoisotopic (exact) mass is 745 g/mol. The highest BCUT2D eigenvalue weighted by molar-refractivity contribution is 9.10. The van der Waals surface area contributed by atoms with Crippen LogP contribution >= 0.6 is 27.3 Å². The number of carbonyl (C=O) groups excluding carboxylic acids is 3. The molecule has 0 bridgehead atoms. The lowest BCUT2D eigenvalue weighted by Crippen LogP contribution is -2.50. The average molecular weight is 747 g/mol. The van der Waals surface area contributed by atoms with Gasteiger partial charge < -0.3 is 21.3 Å². The Labute approximate surface area is 287 Å². The van der Waals surface area contributed by atoms with Crippen LogP contribution in [0.3, 0.4) is 0 Å². The first kappa shape index (κ1) is 35.0. The number of amides is 3. The first-order valence-corrected chi connectivity index (χ1v) is 18.8. The molecule has 47 heavy (non-hydrogen) atoms. The van der Waals surface area contributed by atoms with E-state index in [-0.39, 0.29) is 41.9 Å². The topological polar surface area (TPSA) is 162 Å². The van der Waals surface area contributed by atoms with Crippen LogP contribution in [0.2, 0.25) is 0 Å². The van der Waals surface area contributed by atoms with Crippen LogP contribution in [0.4, 0.5) is 5.69 Å². The van der Waals surface area contributed by atoms with Crippen LogP contribution in [0.15, 0.2) is 57.8 Å². The van der Waals surface area contributed by atoms with Crippen LogP contribution in [-0.4, -0.2) is 69.4 Å². The molecule has 3 amide bonds. The summed E-state index contributed by atoms with van der Waals surface area (Å²) < 4.78 is 30.5. The summed E-state index contributed by atoms with van der Waals surface area (Å²) in [5.74, 6) is -0.486. The molecule has 1 aliphatic heterocycles. The molecule has 5 rings (SSSR count). The van der Waals surface area contributed by atoms with E-state index in [0.29, 0.717) is 31.8 Å². The summed E-state index contributed by atoms with van der Waals surface area (Å²) in [5, 5.41) is 14.1. The quantitative estimate of drug-likeness (QED) is 0.169. The highest BCUT2D eigenvalue weighted by Crippen LogP contribution is 2.27. The van der Waals surface area contributed by atoms with Crippen molar-refractivity contribution in [2.24, 2.45) is 5.92 Å². The Morgan fingerprint density at radius 3 is 2.40 bits per heavy atom. The number of nitrogens with one attached hydrogen (secondary N) is 5. The molecule has 0 spiro atoms. The summed E-state index contributed by atoms with van der Waals surface area (Å²) >= 11 is 4.86. The van der Waals surface area contributed by atoms with E-state index < -0.39 is 34.1 Å². The highest BCUT2D eigenvalue weighted by atomic mass is 79.9. The fourth-order valence-electron chi connectivity index (χ4n) is 5.19.